The Kier molecular flexibility index (Phi) is 6.44. The summed E-state index contributed by atoms with van der Waals surface area (Å²) in [5.74, 6) is -0.137. The van der Waals surface area contributed by atoms with E-state index in [4.69, 9.17) is 23.1 Å². The maximum Gasteiger partial charge on any atom is 0.261 e. The molecule has 0 saturated heterocycles. The number of hydrogen-bond donors (Lipinski definition) is 4. The monoisotopic (exact) mass is 488 g/mol. The molecule has 0 spiro atoms. The number of carbonyl (C=O) groups is 1. The van der Waals surface area contributed by atoms with Gasteiger partial charge in [0.2, 0.25) is 0 Å². The molecule has 6 N–H and O–H groups in total. The van der Waals surface area contributed by atoms with E-state index in [1.165, 1.54) is 22.9 Å². The number of benzene rings is 1. The molecule has 2 unspecified atom stereocenters. The highest BCUT2D eigenvalue weighted by molar-refractivity contribution is 6.31. The van der Waals surface area contributed by atoms with Crippen LogP contribution in [-0.4, -0.2) is 39.2 Å². The standard InChI is InChI=1S/C24H30ClFN6O2/c1-12(27)6-19(29-2)24(34)10-14-7-13(8-15(14)11-24)21-20(22(28)32(3)31-21)23(33)30-16-4-5-18(26)17(25)9-16/h4-6,9,13-15,34H,7-8,10-11,27-28H2,1-3H3,(H,30,33). The first-order valence-electron chi connectivity index (χ1n) is 11.2. The van der Waals surface area contributed by atoms with Gasteiger partial charge in [0.15, 0.2) is 0 Å². The average Bonchev–Trinajstić information content (AvgIpc) is 3.38. The van der Waals surface area contributed by atoms with Crippen molar-refractivity contribution in [3.63, 3.8) is 0 Å². The van der Waals surface area contributed by atoms with Crippen LogP contribution in [0.3, 0.4) is 0 Å². The summed E-state index contributed by atoms with van der Waals surface area (Å²) in [4.78, 5) is 17.4. The first-order chi connectivity index (χ1) is 16.0. The number of nitrogens with one attached hydrogen (secondary N) is 1. The van der Waals surface area contributed by atoms with Crippen LogP contribution in [0.1, 0.15) is 54.6 Å². The Labute approximate surface area is 202 Å². The molecule has 1 aromatic heterocycles. The normalized spacial score (nSPS) is 27.2. The molecule has 182 valence electrons. The van der Waals surface area contributed by atoms with E-state index in [9.17, 15) is 14.3 Å². The lowest BCUT2D eigenvalue weighted by Gasteiger charge is -2.25. The van der Waals surface area contributed by atoms with Crippen molar-refractivity contribution in [2.45, 2.75) is 44.1 Å². The average molecular weight is 489 g/mol. The third-order valence-electron chi connectivity index (χ3n) is 7.03. The molecule has 2 atom stereocenters. The predicted octanol–water partition coefficient (Wildman–Crippen LogP) is 3.62. The molecule has 1 heterocycles. The van der Waals surface area contributed by atoms with Gasteiger partial charge in [-0.2, -0.15) is 5.10 Å². The number of anilines is 2. The maximum atomic E-state index is 13.5. The molecule has 4 rings (SSSR count). The highest BCUT2D eigenvalue weighted by Gasteiger charge is 2.51. The van der Waals surface area contributed by atoms with Crippen molar-refractivity contribution in [2.24, 2.45) is 29.6 Å². The SMILES string of the molecule is CN=C(C=C(C)N)C1(O)CC2CC(c3nn(C)c(N)c3C(=O)Nc3ccc(F)c(Cl)c3)CC2C1. The molecule has 2 aliphatic rings. The molecular formula is C24H30ClFN6O2. The number of nitrogen functional groups attached to an aromatic ring is 1. The van der Waals surface area contributed by atoms with E-state index < -0.39 is 17.3 Å². The number of halogens is 2. The number of allylic oxidation sites excluding steroid dienone is 1. The molecule has 2 aliphatic carbocycles. The van der Waals surface area contributed by atoms with Crippen LogP contribution in [0.4, 0.5) is 15.9 Å². The van der Waals surface area contributed by atoms with Crippen molar-refractivity contribution in [1.82, 2.24) is 9.78 Å². The van der Waals surface area contributed by atoms with Gasteiger partial charge in [-0.1, -0.05) is 11.6 Å². The van der Waals surface area contributed by atoms with E-state index >= 15 is 0 Å². The minimum Gasteiger partial charge on any atom is -0.402 e. The van der Waals surface area contributed by atoms with Crippen LogP contribution < -0.4 is 16.8 Å². The highest BCUT2D eigenvalue weighted by Crippen LogP contribution is 2.54. The second kappa shape index (κ2) is 9.03. The molecule has 0 radical (unpaired) electrons. The van der Waals surface area contributed by atoms with Crippen LogP contribution in [-0.2, 0) is 7.05 Å². The fourth-order valence-corrected chi connectivity index (χ4v) is 5.74. The third kappa shape index (κ3) is 4.42. The van der Waals surface area contributed by atoms with Gasteiger partial charge in [-0.25, -0.2) is 4.39 Å². The van der Waals surface area contributed by atoms with Gasteiger partial charge < -0.3 is 21.9 Å². The molecular weight excluding hydrogens is 459 g/mol. The highest BCUT2D eigenvalue weighted by atomic mass is 35.5. The van der Waals surface area contributed by atoms with E-state index in [1.54, 1.807) is 27.1 Å². The molecule has 2 fully saturated rings. The Balaban J connectivity index is 1.54. The van der Waals surface area contributed by atoms with Crippen molar-refractivity contribution in [3.8, 4) is 0 Å². The first kappa shape index (κ1) is 24.2. The summed E-state index contributed by atoms with van der Waals surface area (Å²) in [6.07, 6.45) is 4.48. The smallest absolute Gasteiger partial charge is 0.261 e. The van der Waals surface area contributed by atoms with Crippen molar-refractivity contribution < 1.29 is 14.3 Å². The maximum absolute atomic E-state index is 13.5. The molecule has 2 aromatic rings. The van der Waals surface area contributed by atoms with Gasteiger partial charge in [0.1, 0.15) is 22.8 Å². The summed E-state index contributed by atoms with van der Waals surface area (Å²) in [5.41, 5.74) is 13.6. The molecule has 10 heteroatoms. The van der Waals surface area contributed by atoms with Gasteiger partial charge in [0.05, 0.1) is 16.4 Å². The molecule has 1 aromatic carbocycles. The molecule has 2 saturated carbocycles. The number of hydrogen-bond acceptors (Lipinski definition) is 6. The molecule has 1 amide bonds. The number of carbonyl (C=O) groups excluding carboxylic acids is 1. The number of nitrogens with two attached hydrogens (primary N) is 2. The van der Waals surface area contributed by atoms with Crippen LogP contribution in [0.15, 0.2) is 35.0 Å². The quantitative estimate of drug-likeness (QED) is 0.477. The Bertz CT molecular complexity index is 1170. The number of nitrogens with zero attached hydrogens (tertiary/aromatic N) is 3. The van der Waals surface area contributed by atoms with Gasteiger partial charge in [-0.05, 0) is 68.7 Å². The number of fused-ring (bicyclic) bond motifs is 1. The summed E-state index contributed by atoms with van der Waals surface area (Å²) in [7, 11) is 3.36. The number of aliphatic imine (C=N–C) groups is 1. The van der Waals surface area contributed by atoms with E-state index in [0.29, 0.717) is 41.2 Å². The summed E-state index contributed by atoms with van der Waals surface area (Å²) >= 11 is 5.84. The summed E-state index contributed by atoms with van der Waals surface area (Å²) in [5, 5.41) is 18.5. The Hall–Kier alpha value is -2.91. The second-order valence-electron chi connectivity index (χ2n) is 9.48. The van der Waals surface area contributed by atoms with Crippen LogP contribution in [0.2, 0.25) is 5.02 Å². The lowest BCUT2D eigenvalue weighted by molar-refractivity contribution is 0.102. The van der Waals surface area contributed by atoms with E-state index in [0.717, 1.165) is 12.8 Å². The number of rotatable bonds is 5. The van der Waals surface area contributed by atoms with Crippen molar-refractivity contribution in [1.29, 1.82) is 0 Å². The fourth-order valence-electron chi connectivity index (χ4n) is 5.56. The van der Waals surface area contributed by atoms with Gasteiger partial charge in [0.25, 0.3) is 5.91 Å². The molecule has 0 bridgehead atoms. The summed E-state index contributed by atoms with van der Waals surface area (Å²) in [6.45, 7) is 1.78. The number of aryl methyl sites for hydroxylation is 1. The number of aromatic nitrogens is 2. The van der Waals surface area contributed by atoms with Crippen LogP contribution >= 0.6 is 11.6 Å². The Morgan fingerprint density at radius 3 is 2.59 bits per heavy atom. The molecule has 34 heavy (non-hydrogen) atoms. The van der Waals surface area contributed by atoms with Gasteiger partial charge in [-0.3, -0.25) is 14.5 Å². The van der Waals surface area contributed by atoms with Gasteiger partial charge in [-0.15, -0.1) is 0 Å². The number of amides is 1. The minimum absolute atomic E-state index is 0.0365. The van der Waals surface area contributed by atoms with E-state index in [2.05, 4.69) is 15.4 Å². The number of aliphatic hydroxyl groups is 1. The van der Waals surface area contributed by atoms with Crippen molar-refractivity contribution in [3.05, 3.63) is 52.1 Å². The van der Waals surface area contributed by atoms with Gasteiger partial charge in [0, 0.05) is 31.4 Å². The predicted molar refractivity (Wildman–Crippen MR) is 131 cm³/mol. The largest absolute Gasteiger partial charge is 0.402 e. The second-order valence-corrected chi connectivity index (χ2v) is 9.88. The van der Waals surface area contributed by atoms with E-state index in [1.807, 2.05) is 0 Å². The van der Waals surface area contributed by atoms with Crippen LogP contribution in [0, 0.1) is 17.7 Å². The van der Waals surface area contributed by atoms with Crippen molar-refractivity contribution in [2.75, 3.05) is 18.1 Å². The molecule has 0 aliphatic heterocycles. The Morgan fingerprint density at radius 2 is 2.03 bits per heavy atom. The topological polar surface area (TPSA) is 132 Å². The minimum atomic E-state index is -0.999. The zero-order valence-electron chi connectivity index (χ0n) is 19.5. The third-order valence-corrected chi connectivity index (χ3v) is 7.32. The zero-order chi connectivity index (χ0) is 24.8. The van der Waals surface area contributed by atoms with Crippen LogP contribution in [0.5, 0.6) is 0 Å². The first-order valence-corrected chi connectivity index (χ1v) is 11.6. The lowest BCUT2D eigenvalue weighted by Crippen LogP contribution is -2.36. The van der Waals surface area contributed by atoms with Crippen molar-refractivity contribution >= 4 is 34.7 Å². The van der Waals surface area contributed by atoms with Gasteiger partial charge >= 0.3 is 0 Å². The van der Waals surface area contributed by atoms with Crippen LogP contribution in [0.25, 0.3) is 0 Å². The Morgan fingerprint density at radius 1 is 1.38 bits per heavy atom. The lowest BCUT2D eigenvalue weighted by atomic mass is 9.88. The van der Waals surface area contributed by atoms with E-state index in [-0.39, 0.29) is 28.6 Å². The summed E-state index contributed by atoms with van der Waals surface area (Å²) < 4.78 is 15.0. The zero-order valence-corrected chi connectivity index (χ0v) is 20.2. The molecule has 8 nitrogen and oxygen atoms in total. The fraction of sp³-hybridized carbons (Fsp3) is 0.458. The summed E-state index contributed by atoms with van der Waals surface area (Å²) in [6, 6.07) is 3.99.